The van der Waals surface area contributed by atoms with E-state index in [0.717, 1.165) is 69.6 Å². The van der Waals surface area contributed by atoms with Crippen LogP contribution in [0.4, 0.5) is 0 Å². The van der Waals surface area contributed by atoms with Crippen LogP contribution in [0.1, 0.15) is 111 Å². The lowest BCUT2D eigenvalue weighted by Crippen LogP contribution is -2.56. The van der Waals surface area contributed by atoms with E-state index in [0.29, 0.717) is 40.6 Å². The van der Waals surface area contributed by atoms with Gasteiger partial charge in [-0.15, -0.1) is 0 Å². The van der Waals surface area contributed by atoms with Gasteiger partial charge >= 0.3 is 0 Å². The molecule has 2 N–H and O–H groups in total. The summed E-state index contributed by atoms with van der Waals surface area (Å²) in [6.07, 6.45) is 14.4. The fraction of sp³-hybridized carbons (Fsp3) is 0.944. The Kier molecular flexibility index (Phi) is 7.98. The van der Waals surface area contributed by atoms with Crippen LogP contribution >= 0.6 is 0 Å². The van der Waals surface area contributed by atoms with Crippen molar-refractivity contribution in [3.63, 3.8) is 0 Å². The van der Waals surface area contributed by atoms with E-state index < -0.39 is 0 Å². The van der Waals surface area contributed by atoms with Gasteiger partial charge in [-0.2, -0.15) is 0 Å². The van der Waals surface area contributed by atoms with Crippen molar-refractivity contribution < 1.29 is 19.1 Å². The van der Waals surface area contributed by atoms with E-state index in [9.17, 15) is 9.59 Å². The highest BCUT2D eigenvalue weighted by molar-refractivity contribution is 5.97. The maximum atomic E-state index is 12.9. The summed E-state index contributed by atoms with van der Waals surface area (Å²) in [6.45, 7) is 12.8. The number of nitrogens with one attached hydrogen (secondary N) is 2. The van der Waals surface area contributed by atoms with Gasteiger partial charge in [0.05, 0.1) is 12.7 Å². The van der Waals surface area contributed by atoms with Crippen molar-refractivity contribution in [3.05, 3.63) is 0 Å². The Hall–Kier alpha value is -1.18. The maximum Gasteiger partial charge on any atom is 0.229 e. The second kappa shape index (κ2) is 11.3. The molecule has 3 aliphatic heterocycles. The monoisotopic (exact) mass is 597 g/mol. The van der Waals surface area contributed by atoms with E-state index >= 15 is 0 Å². The van der Waals surface area contributed by atoms with Crippen LogP contribution in [0.25, 0.3) is 0 Å². The molecule has 0 aromatic carbocycles. The van der Waals surface area contributed by atoms with Crippen LogP contribution in [-0.2, 0) is 19.1 Å². The Bertz CT molecular complexity index is 1070. The summed E-state index contributed by atoms with van der Waals surface area (Å²) in [5, 5.41) is 6.39. The van der Waals surface area contributed by atoms with Crippen LogP contribution in [-0.4, -0.2) is 67.4 Å². The predicted molar refractivity (Wildman–Crippen MR) is 167 cm³/mol. The van der Waals surface area contributed by atoms with Crippen LogP contribution in [0.15, 0.2) is 0 Å². The van der Waals surface area contributed by atoms with Gasteiger partial charge < -0.3 is 25.0 Å². The third-order valence-electron chi connectivity index (χ3n) is 14.7. The molecule has 7 fully saturated rings. The zero-order chi connectivity index (χ0) is 30.1. The van der Waals surface area contributed by atoms with E-state index in [1.165, 1.54) is 44.9 Å². The quantitative estimate of drug-likeness (QED) is 0.418. The minimum absolute atomic E-state index is 0.0378. The van der Waals surface area contributed by atoms with Crippen LogP contribution in [0.3, 0.4) is 0 Å². The molecule has 3 saturated heterocycles. The molecule has 0 radical (unpaired) electrons. The van der Waals surface area contributed by atoms with Gasteiger partial charge in [-0.25, -0.2) is 0 Å². The number of hydrogen-bond acceptors (Lipinski definition) is 5. The Morgan fingerprint density at radius 1 is 0.814 bits per heavy atom. The molecule has 3 heterocycles. The number of nitrogens with zero attached hydrogens (tertiary/aromatic N) is 1. The number of piperidine rings is 1. The molecule has 0 unspecified atom stereocenters. The van der Waals surface area contributed by atoms with Crippen molar-refractivity contribution in [2.45, 2.75) is 135 Å². The molecule has 0 aromatic rings. The van der Waals surface area contributed by atoms with Crippen LogP contribution in [0.5, 0.6) is 0 Å². The molecular formula is C36H59N3O4. The molecule has 7 heteroatoms. The zero-order valence-electron chi connectivity index (χ0n) is 27.7. The first kappa shape index (κ1) is 30.5. The van der Waals surface area contributed by atoms with Crippen molar-refractivity contribution in [2.24, 2.45) is 52.3 Å². The minimum Gasteiger partial charge on any atom is -0.353 e. The largest absolute Gasteiger partial charge is 0.353 e. The summed E-state index contributed by atoms with van der Waals surface area (Å²) < 4.78 is 13.5. The average Bonchev–Trinajstić information content (AvgIpc) is 3.41. The Balaban J connectivity index is 0.948. The smallest absolute Gasteiger partial charge is 0.229 e. The molecule has 0 bridgehead atoms. The van der Waals surface area contributed by atoms with E-state index in [1.807, 2.05) is 0 Å². The van der Waals surface area contributed by atoms with Crippen LogP contribution in [0.2, 0.25) is 0 Å². The molecule has 12 atom stereocenters. The predicted octanol–water partition coefficient (Wildman–Crippen LogP) is 5.52. The minimum atomic E-state index is -0.327. The van der Waals surface area contributed by atoms with Crippen molar-refractivity contribution in [1.82, 2.24) is 15.5 Å². The third kappa shape index (κ3) is 5.19. The van der Waals surface area contributed by atoms with Gasteiger partial charge in [-0.05, 0) is 137 Å². The van der Waals surface area contributed by atoms with Gasteiger partial charge in [0.1, 0.15) is 6.42 Å². The van der Waals surface area contributed by atoms with Crippen molar-refractivity contribution in [1.29, 1.82) is 0 Å². The van der Waals surface area contributed by atoms with Gasteiger partial charge in [0.15, 0.2) is 5.79 Å². The summed E-state index contributed by atoms with van der Waals surface area (Å²) in [6, 6.07) is 0.417. The number of carbonyl (C=O) groups is 2. The molecule has 7 rings (SSSR count). The lowest BCUT2D eigenvalue weighted by atomic mass is 9.44. The molecule has 0 aromatic heterocycles. The molecule has 4 saturated carbocycles. The summed E-state index contributed by atoms with van der Waals surface area (Å²) >= 11 is 0. The van der Waals surface area contributed by atoms with Crippen LogP contribution < -0.4 is 10.6 Å². The number of hydrogen-bond donors (Lipinski definition) is 2. The lowest BCUT2D eigenvalue weighted by molar-refractivity contribution is -0.273. The van der Waals surface area contributed by atoms with Crippen molar-refractivity contribution in [3.8, 4) is 0 Å². The van der Waals surface area contributed by atoms with Gasteiger partial charge in [0.2, 0.25) is 11.8 Å². The summed E-state index contributed by atoms with van der Waals surface area (Å²) in [5.74, 6) is 4.24. The molecule has 4 aliphatic carbocycles. The number of amides is 2. The molecule has 43 heavy (non-hydrogen) atoms. The van der Waals surface area contributed by atoms with E-state index in [2.05, 4.69) is 50.3 Å². The average molecular weight is 598 g/mol. The normalized spacial score (nSPS) is 49.9. The molecule has 2 amide bonds. The van der Waals surface area contributed by atoms with Gasteiger partial charge in [-0.1, -0.05) is 27.7 Å². The number of carbonyl (C=O) groups excluding carboxylic acids is 2. The van der Waals surface area contributed by atoms with E-state index in [1.54, 1.807) is 0 Å². The first-order chi connectivity index (χ1) is 20.5. The molecule has 1 spiro atoms. The van der Waals surface area contributed by atoms with Gasteiger partial charge in [0, 0.05) is 24.4 Å². The Morgan fingerprint density at radius 3 is 2.26 bits per heavy atom. The second-order valence-corrected chi connectivity index (χ2v) is 17.0. The highest BCUT2D eigenvalue weighted by Gasteiger charge is 2.69. The number of likely N-dealkylation sites (tertiary alicyclic amines) is 1. The topological polar surface area (TPSA) is 79.9 Å². The number of ether oxygens (including phenoxy) is 2. The summed E-state index contributed by atoms with van der Waals surface area (Å²) in [5.41, 5.74) is 0.731. The fourth-order valence-electron chi connectivity index (χ4n) is 12.3. The standard InChI is InChI=1S/C36H59N3O4/c1-22-8-15-36(42-21-22)23(2)33-30(43-36)19-29-27-7-6-24-18-26(9-13-34(24,3)28(27)10-14-35(29,33)4)38-32(41)20-31(40)37-25-11-16-39(5)17-12-25/h22-30,33H,6-21H2,1-5H3,(H,37,40)(H,38,41)/t22-,23+,24-,26-,27-,28+,29+,30+,33+,34+,35+,36-/m1/s1. The molecule has 242 valence electrons. The maximum absolute atomic E-state index is 12.9. The summed E-state index contributed by atoms with van der Waals surface area (Å²) in [4.78, 5) is 27.8. The zero-order valence-corrected chi connectivity index (χ0v) is 27.7. The fourth-order valence-corrected chi connectivity index (χ4v) is 12.3. The first-order valence-corrected chi connectivity index (χ1v) is 18.1. The van der Waals surface area contributed by atoms with Gasteiger partial charge in [0.25, 0.3) is 0 Å². The number of fused-ring (bicyclic) bond motifs is 7. The highest BCUT2D eigenvalue weighted by Crippen LogP contribution is 2.71. The Morgan fingerprint density at radius 2 is 1.53 bits per heavy atom. The SMILES string of the molecule is C[C@@H]1CC[C@@]2(OC1)O[C@H]1C[C@H]3[C@@H]4CC[C@@H]5C[C@H](NC(=O)CC(=O)NC6CCN(C)CC6)CC[C@]5(C)[C@H]4CC[C@]3(C)[C@H]1[C@@H]2C. The van der Waals surface area contributed by atoms with Crippen molar-refractivity contribution in [2.75, 3.05) is 26.7 Å². The molecular weight excluding hydrogens is 538 g/mol. The summed E-state index contributed by atoms with van der Waals surface area (Å²) in [7, 11) is 2.12. The second-order valence-electron chi connectivity index (χ2n) is 17.0. The Labute approximate surface area is 260 Å². The molecule has 7 aliphatic rings. The van der Waals surface area contributed by atoms with E-state index in [-0.39, 0.29) is 36.1 Å². The number of rotatable bonds is 4. The van der Waals surface area contributed by atoms with Gasteiger partial charge in [-0.3, -0.25) is 9.59 Å². The lowest BCUT2D eigenvalue weighted by Gasteiger charge is -2.61. The third-order valence-corrected chi connectivity index (χ3v) is 14.7. The van der Waals surface area contributed by atoms with Crippen molar-refractivity contribution >= 4 is 11.8 Å². The molecule has 7 nitrogen and oxygen atoms in total. The van der Waals surface area contributed by atoms with E-state index in [4.69, 9.17) is 9.47 Å². The van der Waals surface area contributed by atoms with Crippen LogP contribution in [0, 0.1) is 52.3 Å². The first-order valence-electron chi connectivity index (χ1n) is 18.1. The highest BCUT2D eigenvalue weighted by atomic mass is 16.7.